The lowest BCUT2D eigenvalue weighted by Gasteiger charge is -2.16. The molecule has 0 atom stereocenters. The number of benzene rings is 3. The van der Waals surface area contributed by atoms with Gasteiger partial charge in [0.25, 0.3) is 6.43 Å². The molecule has 166 valence electrons. The number of alkyl halides is 2. The number of ether oxygens (including phenoxy) is 4. The van der Waals surface area contributed by atoms with E-state index in [1.165, 1.54) is 32.0 Å². The quantitative estimate of drug-likeness (QED) is 0.337. The van der Waals surface area contributed by atoms with Gasteiger partial charge in [-0.1, -0.05) is 42.1 Å². The summed E-state index contributed by atoms with van der Waals surface area (Å²) in [5, 5.41) is 9.27. The Morgan fingerprint density at radius 2 is 1.75 bits per heavy atom. The maximum absolute atomic E-state index is 13.6. The number of hydrogen-bond donors (Lipinski definition) is 0. The molecule has 0 amide bonds. The molecule has 8 heteroatoms. The fraction of sp³-hybridized carbons (Fsp3) is 0.208. The monoisotopic (exact) mass is 457 g/mol. The molecule has 0 N–H and O–H groups in total. The first-order valence-electron chi connectivity index (χ1n) is 9.56. The highest BCUT2D eigenvalue weighted by atomic mass is 32.2. The Kier molecular flexibility index (Phi) is 8.31. The van der Waals surface area contributed by atoms with Crippen molar-refractivity contribution in [3.8, 4) is 23.3 Å². The third kappa shape index (κ3) is 5.90. The molecule has 0 bridgehead atoms. The lowest BCUT2D eigenvalue weighted by molar-refractivity contribution is 0.0445. The standard InChI is InChI=1S/C24H21F2NO4S/c1-28-15-31-23-19(24(25)26)10-17(13-27)11-22(23)32-18-8-9-20(21(12-18)29-2)30-14-16-6-4-3-5-7-16/h3-12,24H,14-15H2,1-2H3. The third-order valence-corrected chi connectivity index (χ3v) is 5.38. The summed E-state index contributed by atoms with van der Waals surface area (Å²) in [6.07, 6.45) is -2.81. The van der Waals surface area contributed by atoms with Gasteiger partial charge in [-0.3, -0.25) is 0 Å². The van der Waals surface area contributed by atoms with E-state index in [0.717, 1.165) is 11.6 Å². The summed E-state index contributed by atoms with van der Waals surface area (Å²) in [6, 6.07) is 19.5. The predicted octanol–water partition coefficient (Wildman–Crippen LogP) is 6.22. The Hall–Kier alpha value is -3.28. The first kappa shape index (κ1) is 23.4. The van der Waals surface area contributed by atoms with Crippen LogP contribution < -0.4 is 14.2 Å². The number of methoxy groups -OCH3 is 2. The van der Waals surface area contributed by atoms with E-state index in [4.69, 9.17) is 18.9 Å². The molecule has 3 aromatic rings. The fourth-order valence-corrected chi connectivity index (χ4v) is 3.90. The van der Waals surface area contributed by atoms with Crippen molar-refractivity contribution in [2.45, 2.75) is 22.8 Å². The van der Waals surface area contributed by atoms with Crippen LogP contribution in [-0.2, 0) is 11.3 Å². The second-order valence-electron chi connectivity index (χ2n) is 6.55. The molecule has 3 rings (SSSR count). The molecule has 0 radical (unpaired) electrons. The summed E-state index contributed by atoms with van der Waals surface area (Å²) >= 11 is 1.18. The molecule has 0 spiro atoms. The van der Waals surface area contributed by atoms with Gasteiger partial charge in [-0.25, -0.2) is 8.78 Å². The van der Waals surface area contributed by atoms with Crippen molar-refractivity contribution in [2.24, 2.45) is 0 Å². The average molecular weight is 457 g/mol. The maximum Gasteiger partial charge on any atom is 0.267 e. The van der Waals surface area contributed by atoms with Gasteiger partial charge in [0.1, 0.15) is 12.4 Å². The van der Waals surface area contributed by atoms with Crippen LogP contribution in [0.2, 0.25) is 0 Å². The summed E-state index contributed by atoms with van der Waals surface area (Å²) in [7, 11) is 2.93. The topological polar surface area (TPSA) is 60.7 Å². The van der Waals surface area contributed by atoms with Crippen molar-refractivity contribution in [1.82, 2.24) is 0 Å². The summed E-state index contributed by atoms with van der Waals surface area (Å²) < 4.78 is 48.8. The van der Waals surface area contributed by atoms with Crippen molar-refractivity contribution in [1.29, 1.82) is 5.26 Å². The molecule has 0 saturated carbocycles. The van der Waals surface area contributed by atoms with Gasteiger partial charge in [-0.05, 0) is 35.9 Å². The Bertz CT molecular complexity index is 1090. The zero-order valence-electron chi connectivity index (χ0n) is 17.5. The lowest BCUT2D eigenvalue weighted by atomic mass is 10.1. The van der Waals surface area contributed by atoms with Crippen molar-refractivity contribution >= 4 is 11.8 Å². The van der Waals surface area contributed by atoms with E-state index in [0.29, 0.717) is 27.9 Å². The molecule has 0 aromatic heterocycles. The van der Waals surface area contributed by atoms with Gasteiger partial charge in [0.2, 0.25) is 0 Å². The molecule has 0 saturated heterocycles. The zero-order valence-corrected chi connectivity index (χ0v) is 18.3. The lowest BCUT2D eigenvalue weighted by Crippen LogP contribution is -2.04. The van der Waals surface area contributed by atoms with Crippen molar-refractivity contribution in [2.75, 3.05) is 21.0 Å². The van der Waals surface area contributed by atoms with Gasteiger partial charge in [0.15, 0.2) is 18.3 Å². The summed E-state index contributed by atoms with van der Waals surface area (Å²) in [5.41, 5.74) is 0.765. The molecule has 0 aliphatic rings. The number of rotatable bonds is 10. The van der Waals surface area contributed by atoms with Gasteiger partial charge < -0.3 is 18.9 Å². The van der Waals surface area contributed by atoms with E-state index < -0.39 is 6.43 Å². The van der Waals surface area contributed by atoms with E-state index in [2.05, 4.69) is 0 Å². The number of hydrogen-bond acceptors (Lipinski definition) is 6. The summed E-state index contributed by atoms with van der Waals surface area (Å²) in [4.78, 5) is 1.07. The molecule has 32 heavy (non-hydrogen) atoms. The average Bonchev–Trinajstić information content (AvgIpc) is 2.82. The first-order valence-corrected chi connectivity index (χ1v) is 10.4. The van der Waals surface area contributed by atoms with Gasteiger partial charge in [0.05, 0.1) is 29.2 Å². The third-order valence-electron chi connectivity index (χ3n) is 4.37. The minimum absolute atomic E-state index is 0.0192. The van der Waals surface area contributed by atoms with Gasteiger partial charge >= 0.3 is 0 Å². The van der Waals surface area contributed by atoms with Crippen LogP contribution in [0.5, 0.6) is 17.2 Å². The fourth-order valence-electron chi connectivity index (χ4n) is 2.89. The predicted molar refractivity (Wildman–Crippen MR) is 117 cm³/mol. The molecule has 0 heterocycles. The van der Waals surface area contributed by atoms with Crippen LogP contribution in [0.25, 0.3) is 0 Å². The molecule has 0 fully saturated rings. The minimum Gasteiger partial charge on any atom is -0.493 e. The van der Waals surface area contributed by atoms with E-state index >= 15 is 0 Å². The Labute approximate surface area is 189 Å². The zero-order chi connectivity index (χ0) is 22.9. The summed E-state index contributed by atoms with van der Waals surface area (Å²) in [6.45, 7) is 0.176. The Balaban J connectivity index is 1.89. The molecule has 5 nitrogen and oxygen atoms in total. The second-order valence-corrected chi connectivity index (χ2v) is 7.66. The van der Waals surface area contributed by atoms with Crippen LogP contribution in [0, 0.1) is 11.3 Å². The van der Waals surface area contributed by atoms with Crippen molar-refractivity contribution in [3.05, 3.63) is 77.4 Å². The molecule has 0 aliphatic heterocycles. The van der Waals surface area contributed by atoms with Crippen LogP contribution in [0.4, 0.5) is 8.78 Å². The van der Waals surface area contributed by atoms with Gasteiger partial charge in [-0.2, -0.15) is 5.26 Å². The van der Waals surface area contributed by atoms with E-state index in [9.17, 15) is 14.0 Å². The largest absolute Gasteiger partial charge is 0.493 e. The van der Waals surface area contributed by atoms with Gasteiger partial charge in [-0.15, -0.1) is 0 Å². The smallest absolute Gasteiger partial charge is 0.267 e. The van der Waals surface area contributed by atoms with Crippen molar-refractivity contribution in [3.63, 3.8) is 0 Å². The Morgan fingerprint density at radius 3 is 2.41 bits per heavy atom. The molecule has 3 aromatic carbocycles. The van der Waals surface area contributed by atoms with E-state index in [1.807, 2.05) is 36.4 Å². The normalized spacial score (nSPS) is 10.6. The highest BCUT2D eigenvalue weighted by Crippen LogP contribution is 2.43. The SMILES string of the molecule is COCOc1c(Sc2ccc(OCc3ccccc3)c(OC)c2)cc(C#N)cc1C(F)F. The van der Waals surface area contributed by atoms with E-state index in [-0.39, 0.29) is 23.7 Å². The van der Waals surface area contributed by atoms with Crippen LogP contribution in [0.3, 0.4) is 0 Å². The molecule has 0 aliphatic carbocycles. The molecular weight excluding hydrogens is 436 g/mol. The molecular formula is C24H21F2NO4S. The Morgan fingerprint density at radius 1 is 0.969 bits per heavy atom. The minimum atomic E-state index is -2.81. The van der Waals surface area contributed by atoms with Crippen LogP contribution in [-0.4, -0.2) is 21.0 Å². The van der Waals surface area contributed by atoms with Crippen LogP contribution in [0.1, 0.15) is 23.1 Å². The second kappa shape index (κ2) is 11.4. The number of nitrogens with zero attached hydrogens (tertiary/aromatic N) is 1. The van der Waals surface area contributed by atoms with Crippen molar-refractivity contribution < 1.29 is 27.7 Å². The summed E-state index contributed by atoms with van der Waals surface area (Å²) in [5.74, 6) is 1.03. The van der Waals surface area contributed by atoms with E-state index in [1.54, 1.807) is 18.2 Å². The molecule has 0 unspecified atom stereocenters. The number of nitriles is 1. The first-order chi connectivity index (χ1) is 15.5. The highest BCUT2D eigenvalue weighted by Gasteiger charge is 2.21. The van der Waals surface area contributed by atoms with Crippen LogP contribution in [0.15, 0.2) is 70.5 Å². The van der Waals surface area contributed by atoms with Gasteiger partial charge in [0, 0.05) is 12.0 Å². The highest BCUT2D eigenvalue weighted by molar-refractivity contribution is 7.99. The van der Waals surface area contributed by atoms with Crippen LogP contribution >= 0.6 is 11.8 Å². The maximum atomic E-state index is 13.6. The number of halogens is 2.